The van der Waals surface area contributed by atoms with Crippen molar-refractivity contribution in [1.29, 1.82) is 0 Å². The predicted octanol–water partition coefficient (Wildman–Crippen LogP) is 3.86. The first kappa shape index (κ1) is 31.4. The molecule has 0 spiro atoms. The highest BCUT2D eigenvalue weighted by Crippen LogP contribution is 2.33. The smallest absolute Gasteiger partial charge is 0.433 e. The Morgan fingerprint density at radius 2 is 1.77 bits per heavy atom. The second-order valence-electron chi connectivity index (χ2n) is 10.7. The van der Waals surface area contributed by atoms with Crippen LogP contribution in [0.2, 0.25) is 0 Å². The van der Waals surface area contributed by atoms with Crippen molar-refractivity contribution in [2.75, 3.05) is 44.9 Å². The van der Waals surface area contributed by atoms with E-state index in [4.69, 9.17) is 18.9 Å². The number of aromatic nitrogens is 4. The van der Waals surface area contributed by atoms with Crippen LogP contribution in [0, 0.1) is 0 Å². The number of amides is 2. The summed E-state index contributed by atoms with van der Waals surface area (Å²) < 4.78 is 65.0. The van der Waals surface area contributed by atoms with E-state index in [2.05, 4.69) is 20.3 Å². The number of ether oxygens (including phenoxy) is 4. The Labute approximate surface area is 266 Å². The monoisotopic (exact) mass is 653 g/mol. The van der Waals surface area contributed by atoms with Crippen LogP contribution in [0.4, 0.5) is 23.8 Å². The molecule has 1 N–H and O–H groups in total. The van der Waals surface area contributed by atoms with E-state index in [1.807, 2.05) is 0 Å². The molecular formula is C31H30F3N7O6. The number of fused-ring (bicyclic) bond motifs is 1. The second kappa shape index (κ2) is 13.4. The van der Waals surface area contributed by atoms with E-state index in [-0.39, 0.29) is 56.0 Å². The molecule has 1 fully saturated rings. The number of benzene rings is 2. The second-order valence-corrected chi connectivity index (χ2v) is 10.7. The molecule has 2 amide bonds. The number of nitrogens with zero attached hydrogens (tertiary/aromatic N) is 6. The van der Waals surface area contributed by atoms with E-state index in [1.165, 1.54) is 35.3 Å². The Morgan fingerprint density at radius 3 is 2.49 bits per heavy atom. The first-order valence-corrected chi connectivity index (χ1v) is 14.6. The minimum atomic E-state index is -4.77. The molecule has 4 heterocycles. The summed E-state index contributed by atoms with van der Waals surface area (Å²) in [6, 6.07) is 11.8. The van der Waals surface area contributed by atoms with Gasteiger partial charge in [-0.05, 0) is 42.0 Å². The van der Waals surface area contributed by atoms with E-state index >= 15 is 0 Å². The molecule has 1 saturated heterocycles. The number of imidazole rings is 1. The molecule has 6 rings (SSSR count). The van der Waals surface area contributed by atoms with Gasteiger partial charge in [0.15, 0.2) is 17.2 Å². The van der Waals surface area contributed by atoms with Crippen LogP contribution in [-0.4, -0.2) is 82.4 Å². The zero-order valence-electron chi connectivity index (χ0n) is 25.1. The first-order valence-electron chi connectivity index (χ1n) is 14.6. The van der Waals surface area contributed by atoms with Crippen LogP contribution in [0.15, 0.2) is 67.3 Å². The van der Waals surface area contributed by atoms with E-state index in [1.54, 1.807) is 47.4 Å². The van der Waals surface area contributed by atoms with Crippen LogP contribution in [0.25, 0.3) is 5.95 Å². The predicted molar refractivity (Wildman–Crippen MR) is 160 cm³/mol. The summed E-state index contributed by atoms with van der Waals surface area (Å²) >= 11 is 0. The molecule has 0 aliphatic carbocycles. The zero-order valence-corrected chi connectivity index (χ0v) is 25.1. The number of methoxy groups -OCH3 is 1. The summed E-state index contributed by atoms with van der Waals surface area (Å²) in [5, 5.41) is 2.86. The first-order chi connectivity index (χ1) is 22.7. The third-order valence-corrected chi connectivity index (χ3v) is 7.54. The third kappa shape index (κ3) is 7.48. The molecule has 2 aliphatic heterocycles. The Hall–Kier alpha value is -5.54. The lowest BCUT2D eigenvalue weighted by Crippen LogP contribution is -2.57. The molecule has 47 heavy (non-hydrogen) atoms. The fourth-order valence-corrected chi connectivity index (χ4v) is 5.20. The number of nitrogens with one attached hydrogen (secondary N) is 1. The number of hydrogen-bond donors (Lipinski definition) is 1. The number of halogens is 3. The Balaban J connectivity index is 1.23. The molecule has 0 saturated carbocycles. The molecule has 1 atom stereocenters. The fraction of sp³-hybridized carbons (Fsp3) is 0.323. The summed E-state index contributed by atoms with van der Waals surface area (Å²) in [5.74, 6) is 1.37. The van der Waals surface area contributed by atoms with Crippen molar-refractivity contribution in [3.05, 3.63) is 78.5 Å². The lowest BCUT2D eigenvalue weighted by Gasteiger charge is -2.41. The van der Waals surface area contributed by atoms with Gasteiger partial charge in [-0.2, -0.15) is 18.2 Å². The molecular weight excluding hydrogens is 623 g/mol. The van der Waals surface area contributed by atoms with E-state index in [0.29, 0.717) is 30.5 Å². The van der Waals surface area contributed by atoms with Crippen LogP contribution in [-0.2, 0) is 17.5 Å². The maximum absolute atomic E-state index is 14.0. The van der Waals surface area contributed by atoms with Crippen LogP contribution in [0.1, 0.15) is 17.7 Å². The van der Waals surface area contributed by atoms with Gasteiger partial charge in [-0.25, -0.2) is 14.8 Å². The highest BCUT2D eigenvalue weighted by Gasteiger charge is 2.37. The summed E-state index contributed by atoms with van der Waals surface area (Å²) in [6.07, 6.45) is -1.50. The number of hydrogen-bond acceptors (Lipinski definition) is 10. The van der Waals surface area contributed by atoms with Gasteiger partial charge >= 0.3 is 12.3 Å². The van der Waals surface area contributed by atoms with Crippen molar-refractivity contribution in [2.24, 2.45) is 0 Å². The van der Waals surface area contributed by atoms with Gasteiger partial charge in [0.25, 0.3) is 0 Å². The molecule has 4 aromatic rings. The van der Waals surface area contributed by atoms with Gasteiger partial charge in [-0.3, -0.25) is 9.36 Å². The summed E-state index contributed by atoms with van der Waals surface area (Å²) in [5.41, 5.74) is -0.391. The van der Waals surface area contributed by atoms with Crippen LogP contribution < -0.4 is 29.2 Å². The molecule has 1 unspecified atom stereocenters. The number of alkyl halides is 3. The number of anilines is 1. The lowest BCUT2D eigenvalue weighted by molar-refractivity contribution is -0.141. The van der Waals surface area contributed by atoms with Crippen molar-refractivity contribution in [2.45, 2.75) is 25.2 Å². The standard InChI is InChI=1S/C31H30F3N7O6/c1-44-22-3-5-23(6-4-22)47-30(43)39-10-11-41(27-16-26(31(32,33)34)37-29(38-27)40-9-8-35-19-40)21(18-39)15-28(42)36-17-20-2-7-24-25(14-20)46-13-12-45-24/h2-9,14,16,19,21H,10-13,15,17-18H2,1H3,(H,36,42). The van der Waals surface area contributed by atoms with Gasteiger partial charge in [0.05, 0.1) is 13.2 Å². The van der Waals surface area contributed by atoms with Gasteiger partial charge < -0.3 is 34.1 Å². The Kier molecular flexibility index (Phi) is 8.99. The minimum absolute atomic E-state index is 0.0296. The summed E-state index contributed by atoms with van der Waals surface area (Å²) in [4.78, 5) is 41.4. The molecule has 246 valence electrons. The average molecular weight is 654 g/mol. The molecule has 0 radical (unpaired) electrons. The summed E-state index contributed by atoms with van der Waals surface area (Å²) in [6.45, 7) is 1.16. The van der Waals surface area contributed by atoms with Crippen LogP contribution >= 0.6 is 0 Å². The highest BCUT2D eigenvalue weighted by atomic mass is 19.4. The normalized spacial score (nSPS) is 16.0. The Bertz CT molecular complexity index is 1720. The van der Waals surface area contributed by atoms with Crippen molar-refractivity contribution in [3.8, 4) is 28.9 Å². The van der Waals surface area contributed by atoms with Crippen LogP contribution in [0.3, 0.4) is 0 Å². The SMILES string of the molecule is COc1ccc(OC(=O)N2CCN(c3cc(C(F)(F)F)nc(-n4ccnc4)n3)C(CC(=O)NCc3ccc4c(c3)OCCO4)C2)cc1. The quantitative estimate of drug-likeness (QED) is 0.299. The molecule has 2 aromatic carbocycles. The molecule has 0 bridgehead atoms. The summed E-state index contributed by atoms with van der Waals surface area (Å²) in [7, 11) is 1.51. The van der Waals surface area contributed by atoms with Gasteiger partial charge in [-0.1, -0.05) is 6.07 Å². The van der Waals surface area contributed by atoms with Crippen LogP contribution in [0.5, 0.6) is 23.0 Å². The van der Waals surface area contributed by atoms with Gasteiger partial charge in [0.2, 0.25) is 11.9 Å². The van der Waals surface area contributed by atoms with Crippen molar-refractivity contribution >= 4 is 17.8 Å². The maximum atomic E-state index is 14.0. The average Bonchev–Trinajstić information content (AvgIpc) is 3.62. The van der Waals surface area contributed by atoms with E-state index in [9.17, 15) is 22.8 Å². The van der Waals surface area contributed by atoms with Gasteiger partial charge in [0.1, 0.15) is 36.9 Å². The topological polar surface area (TPSA) is 133 Å². The molecule has 2 aromatic heterocycles. The largest absolute Gasteiger partial charge is 0.497 e. The van der Waals surface area contributed by atoms with Gasteiger partial charge in [0, 0.05) is 51.1 Å². The van der Waals surface area contributed by atoms with Crippen molar-refractivity contribution in [3.63, 3.8) is 0 Å². The number of piperazine rings is 1. The Morgan fingerprint density at radius 1 is 1.00 bits per heavy atom. The zero-order chi connectivity index (χ0) is 33.0. The van der Waals surface area contributed by atoms with Gasteiger partial charge in [-0.15, -0.1) is 0 Å². The number of carbonyl (C=O) groups excluding carboxylic acids is 2. The maximum Gasteiger partial charge on any atom is 0.433 e. The van der Waals surface area contributed by atoms with E-state index < -0.39 is 24.0 Å². The lowest BCUT2D eigenvalue weighted by atomic mass is 10.1. The molecule has 2 aliphatic rings. The third-order valence-electron chi connectivity index (χ3n) is 7.54. The molecule has 13 nitrogen and oxygen atoms in total. The fourth-order valence-electron chi connectivity index (χ4n) is 5.20. The molecule has 16 heteroatoms. The minimum Gasteiger partial charge on any atom is -0.497 e. The van der Waals surface area contributed by atoms with Crippen molar-refractivity contribution in [1.82, 2.24) is 29.7 Å². The number of rotatable bonds is 8. The van der Waals surface area contributed by atoms with Crippen molar-refractivity contribution < 1.29 is 41.7 Å². The van der Waals surface area contributed by atoms with E-state index in [0.717, 1.165) is 11.6 Å². The highest BCUT2D eigenvalue weighted by molar-refractivity contribution is 5.78. The number of carbonyl (C=O) groups is 2.